The molecule has 0 radical (unpaired) electrons. The summed E-state index contributed by atoms with van der Waals surface area (Å²) in [7, 11) is 1.61. The third kappa shape index (κ3) is 5.83. The summed E-state index contributed by atoms with van der Waals surface area (Å²) in [4.78, 5) is 9.01. The molecule has 0 spiro atoms. The van der Waals surface area contributed by atoms with Gasteiger partial charge in [-0.3, -0.25) is 0 Å². The van der Waals surface area contributed by atoms with E-state index in [-0.39, 0.29) is 0 Å². The number of hydrogen-bond donors (Lipinski definition) is 3. The normalized spacial score (nSPS) is 12.4. The summed E-state index contributed by atoms with van der Waals surface area (Å²) < 4.78 is 10.7. The third-order valence-corrected chi connectivity index (χ3v) is 4.28. The van der Waals surface area contributed by atoms with Crippen LogP contribution in [0, 0.1) is 0 Å². The Morgan fingerprint density at radius 3 is 2.59 bits per heavy atom. The molecule has 0 saturated heterocycles. The van der Waals surface area contributed by atoms with Crippen molar-refractivity contribution in [2.75, 3.05) is 20.2 Å². The van der Waals surface area contributed by atoms with E-state index in [1.807, 2.05) is 61.5 Å². The largest absolute Gasteiger partial charge is 0.497 e. The third-order valence-electron chi connectivity index (χ3n) is 4.28. The number of aromatic nitrogens is 1. The average molecular weight is 394 g/mol. The van der Waals surface area contributed by atoms with Crippen LogP contribution in [0.2, 0.25) is 0 Å². The molecule has 3 aromatic rings. The van der Waals surface area contributed by atoms with Crippen LogP contribution in [0.1, 0.15) is 24.3 Å². The molecule has 29 heavy (non-hydrogen) atoms. The number of oxazole rings is 1. The molecule has 0 aliphatic carbocycles. The lowest BCUT2D eigenvalue weighted by molar-refractivity contribution is 0.180. The van der Waals surface area contributed by atoms with Crippen molar-refractivity contribution in [1.82, 2.24) is 15.6 Å². The smallest absolute Gasteiger partial charge is 0.226 e. The van der Waals surface area contributed by atoms with Gasteiger partial charge in [-0.2, -0.15) is 0 Å². The first kappa shape index (κ1) is 20.4. The average Bonchev–Trinajstić information content (AvgIpc) is 3.25. The van der Waals surface area contributed by atoms with E-state index in [9.17, 15) is 5.11 Å². The second-order valence-corrected chi connectivity index (χ2v) is 6.38. The number of ether oxygens (including phenoxy) is 1. The highest BCUT2D eigenvalue weighted by Crippen LogP contribution is 2.18. The summed E-state index contributed by atoms with van der Waals surface area (Å²) in [6.07, 6.45) is 0.947. The lowest BCUT2D eigenvalue weighted by Gasteiger charge is -2.15. The number of nitrogens with zero attached hydrogens (tertiary/aromatic N) is 2. The van der Waals surface area contributed by atoms with Crippen LogP contribution in [0.3, 0.4) is 0 Å². The number of aliphatic imine (C=N–C) groups is 1. The summed E-state index contributed by atoms with van der Waals surface area (Å²) in [6, 6.07) is 17.1. The van der Waals surface area contributed by atoms with Gasteiger partial charge in [-0.05, 0) is 36.8 Å². The molecule has 0 bridgehead atoms. The molecule has 0 amide bonds. The zero-order valence-electron chi connectivity index (χ0n) is 16.6. The number of hydrogen-bond acceptors (Lipinski definition) is 5. The first-order valence-electron chi connectivity index (χ1n) is 9.53. The molecule has 0 saturated carbocycles. The number of nitrogens with one attached hydrogen (secondary N) is 2. The van der Waals surface area contributed by atoms with Gasteiger partial charge in [0.15, 0.2) is 5.96 Å². The van der Waals surface area contributed by atoms with E-state index in [1.54, 1.807) is 13.4 Å². The van der Waals surface area contributed by atoms with Gasteiger partial charge in [0.05, 0.1) is 19.8 Å². The molecule has 0 fully saturated rings. The van der Waals surface area contributed by atoms with Gasteiger partial charge in [0, 0.05) is 18.7 Å². The summed E-state index contributed by atoms with van der Waals surface area (Å²) >= 11 is 0. The number of benzene rings is 2. The van der Waals surface area contributed by atoms with Crippen molar-refractivity contribution in [3.63, 3.8) is 0 Å². The van der Waals surface area contributed by atoms with Crippen molar-refractivity contribution in [3.05, 3.63) is 72.1 Å². The van der Waals surface area contributed by atoms with Gasteiger partial charge < -0.3 is 24.9 Å². The van der Waals surface area contributed by atoms with Crippen LogP contribution in [-0.4, -0.2) is 36.2 Å². The fraction of sp³-hybridized carbons (Fsp3) is 0.273. The van der Waals surface area contributed by atoms with E-state index < -0.39 is 6.10 Å². The molecule has 152 valence electrons. The second kappa shape index (κ2) is 10.3. The molecule has 2 aromatic carbocycles. The van der Waals surface area contributed by atoms with Crippen LogP contribution in [0.5, 0.6) is 5.75 Å². The van der Waals surface area contributed by atoms with Crippen LogP contribution < -0.4 is 15.4 Å². The highest BCUT2D eigenvalue weighted by molar-refractivity contribution is 5.79. The molecule has 7 heteroatoms. The standard InChI is InChI=1S/C22H26N4O3/c1-3-23-22(25-14-20(27)16-9-11-19(28-2)12-10-16)24-13-18-15-29-21(26-18)17-7-5-4-6-8-17/h4-12,15,20,27H,3,13-14H2,1-2H3,(H2,23,24,25). The lowest BCUT2D eigenvalue weighted by atomic mass is 10.1. The van der Waals surface area contributed by atoms with Crippen molar-refractivity contribution in [2.24, 2.45) is 4.99 Å². The number of methoxy groups -OCH3 is 1. The zero-order chi connectivity index (χ0) is 20.5. The minimum Gasteiger partial charge on any atom is -0.497 e. The molecule has 1 atom stereocenters. The summed E-state index contributed by atoms with van der Waals surface area (Å²) in [5.74, 6) is 1.93. The molecule has 3 rings (SSSR count). The van der Waals surface area contributed by atoms with Crippen LogP contribution in [-0.2, 0) is 6.54 Å². The SMILES string of the molecule is CCNC(=NCc1coc(-c2ccccc2)n1)NCC(O)c1ccc(OC)cc1. The Morgan fingerprint density at radius 1 is 1.14 bits per heavy atom. The van der Waals surface area contributed by atoms with Gasteiger partial charge in [0.25, 0.3) is 0 Å². The maximum absolute atomic E-state index is 10.4. The van der Waals surface area contributed by atoms with Gasteiger partial charge in [-0.1, -0.05) is 30.3 Å². The van der Waals surface area contributed by atoms with Crippen molar-refractivity contribution >= 4 is 5.96 Å². The van der Waals surface area contributed by atoms with Crippen molar-refractivity contribution in [1.29, 1.82) is 0 Å². The monoisotopic (exact) mass is 394 g/mol. The fourth-order valence-electron chi connectivity index (χ4n) is 2.73. The minimum atomic E-state index is -0.665. The zero-order valence-corrected chi connectivity index (χ0v) is 16.6. The first-order chi connectivity index (χ1) is 14.2. The van der Waals surface area contributed by atoms with Gasteiger partial charge in [-0.15, -0.1) is 0 Å². The number of guanidine groups is 1. The predicted octanol–water partition coefficient (Wildman–Crippen LogP) is 3.14. The van der Waals surface area contributed by atoms with Crippen LogP contribution in [0.4, 0.5) is 0 Å². The van der Waals surface area contributed by atoms with Crippen molar-refractivity contribution in [2.45, 2.75) is 19.6 Å². The van der Waals surface area contributed by atoms with Gasteiger partial charge in [0.2, 0.25) is 5.89 Å². The Kier molecular flexibility index (Phi) is 7.24. The highest BCUT2D eigenvalue weighted by Gasteiger charge is 2.10. The predicted molar refractivity (Wildman–Crippen MR) is 113 cm³/mol. The highest BCUT2D eigenvalue weighted by atomic mass is 16.5. The van der Waals surface area contributed by atoms with E-state index in [4.69, 9.17) is 9.15 Å². The van der Waals surface area contributed by atoms with E-state index in [0.29, 0.717) is 31.5 Å². The second-order valence-electron chi connectivity index (χ2n) is 6.38. The minimum absolute atomic E-state index is 0.326. The summed E-state index contributed by atoms with van der Waals surface area (Å²) in [5.41, 5.74) is 2.46. The Labute approximate surface area is 170 Å². The fourth-order valence-corrected chi connectivity index (χ4v) is 2.73. The van der Waals surface area contributed by atoms with E-state index >= 15 is 0 Å². The Bertz CT molecular complexity index is 907. The van der Waals surface area contributed by atoms with Crippen LogP contribution >= 0.6 is 0 Å². The lowest BCUT2D eigenvalue weighted by Crippen LogP contribution is -2.39. The Balaban J connectivity index is 1.58. The molecular formula is C22H26N4O3. The van der Waals surface area contributed by atoms with Crippen molar-refractivity contribution < 1.29 is 14.3 Å². The maximum atomic E-state index is 10.4. The van der Waals surface area contributed by atoms with Gasteiger partial charge in [0.1, 0.15) is 17.7 Å². The van der Waals surface area contributed by atoms with Gasteiger partial charge >= 0.3 is 0 Å². The molecular weight excluding hydrogens is 368 g/mol. The van der Waals surface area contributed by atoms with E-state index in [1.165, 1.54) is 0 Å². The molecule has 0 aliphatic rings. The summed E-state index contributed by atoms with van der Waals surface area (Å²) in [6.45, 7) is 3.38. The van der Waals surface area contributed by atoms with Crippen molar-refractivity contribution in [3.8, 4) is 17.2 Å². The van der Waals surface area contributed by atoms with E-state index in [0.717, 1.165) is 22.6 Å². The molecule has 3 N–H and O–H groups in total. The van der Waals surface area contributed by atoms with Gasteiger partial charge in [-0.25, -0.2) is 9.98 Å². The maximum Gasteiger partial charge on any atom is 0.226 e. The number of rotatable bonds is 8. The summed E-state index contributed by atoms with van der Waals surface area (Å²) in [5, 5.41) is 16.7. The molecule has 1 unspecified atom stereocenters. The Hall–Kier alpha value is -3.32. The Morgan fingerprint density at radius 2 is 1.90 bits per heavy atom. The quantitative estimate of drug-likeness (QED) is 0.402. The topological polar surface area (TPSA) is 91.9 Å². The molecule has 1 aromatic heterocycles. The van der Waals surface area contributed by atoms with Crippen LogP contribution in [0.25, 0.3) is 11.5 Å². The molecule has 7 nitrogen and oxygen atoms in total. The number of aliphatic hydroxyl groups excluding tert-OH is 1. The van der Waals surface area contributed by atoms with E-state index in [2.05, 4.69) is 20.6 Å². The first-order valence-corrected chi connectivity index (χ1v) is 9.53. The molecule has 1 heterocycles. The van der Waals surface area contributed by atoms with Crippen LogP contribution in [0.15, 0.2) is 70.3 Å². The molecule has 0 aliphatic heterocycles. The number of aliphatic hydroxyl groups is 1.